The Hall–Kier alpha value is -4.93. The molecule has 0 spiro atoms. The summed E-state index contributed by atoms with van der Waals surface area (Å²) >= 11 is 4.91. The smallest absolute Gasteiger partial charge is 0.271 e. The first-order valence-electron chi connectivity index (χ1n) is 16.2. The number of anilines is 1. The molecule has 0 fully saturated rings. The number of halogens is 1. The van der Waals surface area contributed by atoms with Gasteiger partial charge in [-0.1, -0.05) is 92.8 Å². The number of hydrogen-bond acceptors (Lipinski definition) is 7. The van der Waals surface area contributed by atoms with Gasteiger partial charge in [0, 0.05) is 5.69 Å². The number of benzene rings is 4. The second kappa shape index (κ2) is 14.9. The molecule has 1 aliphatic rings. The van der Waals surface area contributed by atoms with Gasteiger partial charge in [0.2, 0.25) is 0 Å². The Morgan fingerprint density at radius 1 is 0.960 bits per heavy atom. The predicted molar refractivity (Wildman–Crippen MR) is 202 cm³/mol. The number of para-hydroxylation sites is 1. The minimum atomic E-state index is -0.658. The summed E-state index contributed by atoms with van der Waals surface area (Å²) in [5.74, 6) is 1.50. The van der Waals surface area contributed by atoms with Crippen LogP contribution in [-0.2, 0) is 10.2 Å². The van der Waals surface area contributed by atoms with Crippen molar-refractivity contribution in [3.8, 4) is 17.2 Å². The van der Waals surface area contributed by atoms with Crippen molar-refractivity contribution in [1.29, 1.82) is 0 Å². The van der Waals surface area contributed by atoms with Crippen molar-refractivity contribution in [3.05, 3.63) is 149 Å². The number of methoxy groups -OCH3 is 1. The number of nitrogens with one attached hydrogen (secondary N) is 1. The van der Waals surface area contributed by atoms with Crippen LogP contribution >= 0.6 is 27.3 Å². The summed E-state index contributed by atoms with van der Waals surface area (Å²) in [6.45, 7) is 8.99. The van der Waals surface area contributed by atoms with Crippen LogP contribution in [0.3, 0.4) is 0 Å². The van der Waals surface area contributed by atoms with E-state index < -0.39 is 6.04 Å². The highest BCUT2D eigenvalue weighted by Gasteiger charge is 2.32. The fraction of sp³-hybridized carbons (Fsp3) is 0.225. The lowest BCUT2D eigenvalue weighted by atomic mass is 9.87. The molecule has 0 bridgehead atoms. The van der Waals surface area contributed by atoms with E-state index in [0.29, 0.717) is 55.5 Å². The van der Waals surface area contributed by atoms with Gasteiger partial charge in [-0.05, 0) is 87.4 Å². The summed E-state index contributed by atoms with van der Waals surface area (Å²) in [5, 5.41) is 2.98. The van der Waals surface area contributed by atoms with Gasteiger partial charge in [-0.25, -0.2) is 4.99 Å². The van der Waals surface area contributed by atoms with Gasteiger partial charge in [-0.15, -0.1) is 0 Å². The van der Waals surface area contributed by atoms with Gasteiger partial charge >= 0.3 is 0 Å². The molecule has 2 heterocycles. The summed E-state index contributed by atoms with van der Waals surface area (Å²) < 4.78 is 20.4. The Kier molecular flexibility index (Phi) is 10.4. The lowest BCUT2D eigenvalue weighted by Crippen LogP contribution is -2.40. The number of aromatic nitrogens is 1. The normalized spacial score (nSPS) is 14.5. The molecule has 0 saturated heterocycles. The molecule has 1 N–H and O–H groups in total. The highest BCUT2D eigenvalue weighted by molar-refractivity contribution is 9.10. The molecule has 1 atom stereocenters. The third-order valence-electron chi connectivity index (χ3n) is 8.28. The molecule has 4 aromatic carbocycles. The van der Waals surface area contributed by atoms with E-state index in [4.69, 9.17) is 19.2 Å². The summed E-state index contributed by atoms with van der Waals surface area (Å²) in [5.41, 5.74) is 4.24. The number of fused-ring (bicyclic) bond motifs is 1. The molecule has 1 aromatic heterocycles. The van der Waals surface area contributed by atoms with Crippen LogP contribution in [0.5, 0.6) is 17.2 Å². The van der Waals surface area contributed by atoms with Crippen molar-refractivity contribution in [2.45, 2.75) is 39.2 Å². The molecule has 8 nitrogen and oxygen atoms in total. The van der Waals surface area contributed by atoms with Crippen LogP contribution in [0.1, 0.15) is 50.4 Å². The molecule has 1 aliphatic heterocycles. The minimum absolute atomic E-state index is 0.0749. The van der Waals surface area contributed by atoms with Crippen LogP contribution in [0.4, 0.5) is 5.69 Å². The zero-order chi connectivity index (χ0) is 35.4. The summed E-state index contributed by atoms with van der Waals surface area (Å²) in [6.07, 6.45) is 1.80. The molecule has 0 unspecified atom stereocenters. The quantitative estimate of drug-likeness (QED) is 0.150. The maximum Gasteiger partial charge on any atom is 0.271 e. The second-order valence-electron chi connectivity index (χ2n) is 12.8. The first kappa shape index (κ1) is 34.9. The van der Waals surface area contributed by atoms with Crippen LogP contribution in [-0.4, -0.2) is 30.8 Å². The van der Waals surface area contributed by atoms with E-state index in [0.717, 1.165) is 16.9 Å². The predicted octanol–water partition coefficient (Wildman–Crippen LogP) is 7.40. The van der Waals surface area contributed by atoms with Gasteiger partial charge in [0.25, 0.3) is 11.5 Å². The highest BCUT2D eigenvalue weighted by Crippen LogP contribution is 2.37. The highest BCUT2D eigenvalue weighted by atomic mass is 79.9. The van der Waals surface area contributed by atoms with Crippen molar-refractivity contribution in [2.24, 2.45) is 4.99 Å². The lowest BCUT2D eigenvalue weighted by Gasteiger charge is -2.25. The molecule has 256 valence electrons. The van der Waals surface area contributed by atoms with Gasteiger partial charge in [0.1, 0.15) is 19.0 Å². The Balaban J connectivity index is 1.26. The first-order chi connectivity index (χ1) is 24.0. The van der Waals surface area contributed by atoms with Crippen molar-refractivity contribution in [1.82, 2.24) is 4.57 Å². The summed E-state index contributed by atoms with van der Waals surface area (Å²) in [4.78, 5) is 33.2. The van der Waals surface area contributed by atoms with Crippen molar-refractivity contribution in [2.75, 3.05) is 25.6 Å². The number of carbonyl (C=O) groups is 1. The third kappa shape index (κ3) is 7.61. The molecule has 6 rings (SSSR count). The molecule has 50 heavy (non-hydrogen) atoms. The molecular weight excluding hydrogens is 714 g/mol. The zero-order valence-corrected chi connectivity index (χ0v) is 30.9. The number of amides is 1. The molecule has 0 aliphatic carbocycles. The number of allylic oxidation sites excluding steroid dienone is 1. The SMILES string of the molecule is COc1cc(/C=c2\sc3n(c2=O)[C@@H](c2ccccc2)C(C(=O)Nc2ccccc2)=C(C)N=3)cc(Br)c1OCCOc1ccc(C(C)(C)C)cc1. The van der Waals surface area contributed by atoms with E-state index in [-0.39, 0.29) is 16.9 Å². The largest absolute Gasteiger partial charge is 0.493 e. The number of thiazole rings is 1. The number of rotatable bonds is 10. The monoisotopic (exact) mass is 751 g/mol. The summed E-state index contributed by atoms with van der Waals surface area (Å²) in [7, 11) is 1.57. The van der Waals surface area contributed by atoms with Crippen LogP contribution < -0.4 is 34.4 Å². The fourth-order valence-corrected chi connectivity index (χ4v) is 7.37. The van der Waals surface area contributed by atoms with Crippen molar-refractivity contribution >= 4 is 44.9 Å². The van der Waals surface area contributed by atoms with Crippen LogP contribution in [0, 0.1) is 0 Å². The van der Waals surface area contributed by atoms with Gasteiger partial charge in [-0.3, -0.25) is 14.2 Å². The molecule has 1 amide bonds. The molecule has 0 saturated carbocycles. The Morgan fingerprint density at radius 3 is 2.28 bits per heavy atom. The minimum Gasteiger partial charge on any atom is -0.493 e. The average Bonchev–Trinajstić information content (AvgIpc) is 3.40. The Morgan fingerprint density at radius 2 is 1.62 bits per heavy atom. The van der Waals surface area contributed by atoms with E-state index >= 15 is 0 Å². The number of nitrogens with zero attached hydrogens (tertiary/aromatic N) is 2. The van der Waals surface area contributed by atoms with Crippen LogP contribution in [0.25, 0.3) is 6.08 Å². The second-order valence-corrected chi connectivity index (χ2v) is 14.7. The number of carbonyl (C=O) groups excluding carboxylic acids is 1. The Bertz CT molecular complexity index is 2220. The fourth-order valence-electron chi connectivity index (χ4n) is 5.75. The summed E-state index contributed by atoms with van der Waals surface area (Å²) in [6, 6.07) is 29.9. The third-order valence-corrected chi connectivity index (χ3v) is 9.85. The van der Waals surface area contributed by atoms with Gasteiger partial charge in [0.05, 0.1) is 33.4 Å². The molecule has 10 heteroatoms. The van der Waals surface area contributed by atoms with Gasteiger partial charge in [0.15, 0.2) is 16.3 Å². The molecule has 5 aromatic rings. The zero-order valence-electron chi connectivity index (χ0n) is 28.5. The Labute approximate surface area is 303 Å². The van der Waals surface area contributed by atoms with Crippen LogP contribution in [0.2, 0.25) is 0 Å². The topological polar surface area (TPSA) is 91.2 Å². The number of hydrogen-bond donors (Lipinski definition) is 1. The standard InChI is InChI=1S/C40H38BrN3O5S/c1-25-34(37(45)43-29-14-10-7-11-15-29)35(27-12-8-6-9-13-27)44-38(46)33(50-39(44)42-25)24-26-22-31(41)36(32(23-26)47-5)49-21-20-48-30-18-16-28(17-19-30)40(2,3)4/h6-19,22-24,35H,20-21H2,1-5H3,(H,43,45)/b33-24-/t35-/m0/s1. The molecule has 0 radical (unpaired) electrons. The van der Waals surface area contributed by atoms with E-state index in [1.807, 2.05) is 84.9 Å². The maximum absolute atomic E-state index is 14.1. The van der Waals surface area contributed by atoms with Gasteiger partial charge < -0.3 is 19.5 Å². The van der Waals surface area contributed by atoms with Crippen molar-refractivity contribution < 1.29 is 19.0 Å². The van der Waals surface area contributed by atoms with Gasteiger partial charge in [-0.2, -0.15) is 0 Å². The maximum atomic E-state index is 14.1. The van der Waals surface area contributed by atoms with Crippen molar-refractivity contribution in [3.63, 3.8) is 0 Å². The number of ether oxygens (including phenoxy) is 3. The first-order valence-corrected chi connectivity index (χ1v) is 17.8. The van der Waals surface area contributed by atoms with E-state index in [1.54, 1.807) is 24.7 Å². The van der Waals surface area contributed by atoms with E-state index in [1.165, 1.54) is 16.9 Å². The molecular formula is C40H38BrN3O5S. The van der Waals surface area contributed by atoms with E-state index in [9.17, 15) is 9.59 Å². The lowest BCUT2D eigenvalue weighted by molar-refractivity contribution is -0.113. The van der Waals surface area contributed by atoms with Crippen LogP contribution in [0.15, 0.2) is 123 Å². The average molecular weight is 753 g/mol. The van der Waals surface area contributed by atoms with E-state index in [2.05, 4.69) is 54.2 Å².